The summed E-state index contributed by atoms with van der Waals surface area (Å²) in [5.41, 5.74) is 3.66. The second-order valence-corrected chi connectivity index (χ2v) is 3.56. The summed E-state index contributed by atoms with van der Waals surface area (Å²) in [6.45, 7) is 6.62. The maximum atomic E-state index is 11.1. The Kier molecular flexibility index (Phi) is 3.69. The highest BCUT2D eigenvalue weighted by atomic mass is 16.1. The zero-order valence-electron chi connectivity index (χ0n) is 9.05. The molecular weight excluding hydrogens is 174 g/mol. The topological polar surface area (TPSA) is 29.1 Å². The van der Waals surface area contributed by atoms with Crippen LogP contribution in [0.2, 0.25) is 0 Å². The molecule has 1 rings (SSSR count). The number of rotatable bonds is 3. The normalized spacial score (nSPS) is 9.93. The third kappa shape index (κ3) is 2.87. The van der Waals surface area contributed by atoms with Crippen molar-refractivity contribution in [2.75, 3.05) is 0 Å². The third-order valence-corrected chi connectivity index (χ3v) is 2.30. The first-order valence-corrected chi connectivity index (χ1v) is 4.96. The Bertz CT molecular complexity index is 331. The van der Waals surface area contributed by atoms with Gasteiger partial charge in [0.2, 0.25) is 5.91 Å². The van der Waals surface area contributed by atoms with E-state index in [1.807, 2.05) is 6.92 Å². The number of benzene rings is 1. The molecule has 14 heavy (non-hydrogen) atoms. The first-order valence-electron chi connectivity index (χ1n) is 4.96. The van der Waals surface area contributed by atoms with Crippen molar-refractivity contribution in [3.8, 4) is 0 Å². The quantitative estimate of drug-likeness (QED) is 0.780. The van der Waals surface area contributed by atoms with Crippen molar-refractivity contribution in [2.45, 2.75) is 33.7 Å². The predicted octanol–water partition coefficient (Wildman–Crippen LogP) is 2.33. The summed E-state index contributed by atoms with van der Waals surface area (Å²) in [5, 5.41) is 2.88. The van der Waals surface area contributed by atoms with E-state index in [9.17, 15) is 4.79 Å². The fourth-order valence-electron chi connectivity index (χ4n) is 1.31. The lowest BCUT2D eigenvalue weighted by molar-refractivity contribution is -0.120. The van der Waals surface area contributed by atoms with E-state index >= 15 is 0 Å². The number of hydrogen-bond donors (Lipinski definition) is 1. The molecule has 0 heterocycles. The molecule has 0 aliphatic heterocycles. The van der Waals surface area contributed by atoms with Gasteiger partial charge in [-0.2, -0.15) is 0 Å². The van der Waals surface area contributed by atoms with Crippen molar-refractivity contribution in [1.82, 2.24) is 5.32 Å². The van der Waals surface area contributed by atoms with Crippen LogP contribution in [0.15, 0.2) is 18.2 Å². The van der Waals surface area contributed by atoms with Gasteiger partial charge in [0.15, 0.2) is 0 Å². The number of carbonyl (C=O) groups excluding carboxylic acids is 1. The highest BCUT2D eigenvalue weighted by Crippen LogP contribution is 2.10. The molecule has 1 aromatic rings. The van der Waals surface area contributed by atoms with Gasteiger partial charge in [0, 0.05) is 13.0 Å². The molecule has 0 atom stereocenters. The number of aryl methyl sites for hydroxylation is 2. The van der Waals surface area contributed by atoms with Crippen molar-refractivity contribution in [3.63, 3.8) is 0 Å². The molecular formula is C12H17NO. The van der Waals surface area contributed by atoms with Crippen molar-refractivity contribution in [1.29, 1.82) is 0 Å². The Morgan fingerprint density at radius 2 is 2.07 bits per heavy atom. The highest BCUT2D eigenvalue weighted by Gasteiger charge is 2.00. The molecule has 1 amide bonds. The van der Waals surface area contributed by atoms with Gasteiger partial charge in [0.1, 0.15) is 0 Å². The van der Waals surface area contributed by atoms with Crippen LogP contribution in [0.25, 0.3) is 0 Å². The minimum atomic E-state index is 0.103. The molecule has 1 N–H and O–H groups in total. The second-order valence-electron chi connectivity index (χ2n) is 3.56. The van der Waals surface area contributed by atoms with Crippen LogP contribution in [-0.2, 0) is 11.3 Å². The summed E-state index contributed by atoms with van der Waals surface area (Å²) in [5.74, 6) is 0.103. The molecule has 76 valence electrons. The molecule has 0 unspecified atom stereocenters. The highest BCUT2D eigenvalue weighted by molar-refractivity contribution is 5.75. The molecule has 0 aliphatic rings. The predicted molar refractivity (Wildman–Crippen MR) is 58.1 cm³/mol. The van der Waals surface area contributed by atoms with Gasteiger partial charge in [0.05, 0.1) is 0 Å². The zero-order chi connectivity index (χ0) is 10.6. The number of carbonyl (C=O) groups is 1. The molecule has 0 aliphatic carbocycles. The van der Waals surface area contributed by atoms with Gasteiger partial charge in [-0.15, -0.1) is 0 Å². The Hall–Kier alpha value is -1.31. The smallest absolute Gasteiger partial charge is 0.219 e. The van der Waals surface area contributed by atoms with Crippen molar-refractivity contribution < 1.29 is 4.79 Å². The average molecular weight is 191 g/mol. The average Bonchev–Trinajstić information content (AvgIpc) is 2.19. The van der Waals surface area contributed by atoms with E-state index in [2.05, 4.69) is 37.4 Å². The van der Waals surface area contributed by atoms with Crippen molar-refractivity contribution in [2.24, 2.45) is 0 Å². The Morgan fingerprint density at radius 3 is 2.71 bits per heavy atom. The minimum Gasteiger partial charge on any atom is -0.352 e. The fourth-order valence-corrected chi connectivity index (χ4v) is 1.31. The number of nitrogens with one attached hydrogen (secondary N) is 1. The first-order chi connectivity index (χ1) is 6.63. The van der Waals surface area contributed by atoms with Gasteiger partial charge < -0.3 is 5.32 Å². The largest absolute Gasteiger partial charge is 0.352 e. The van der Waals surface area contributed by atoms with Crippen LogP contribution in [-0.4, -0.2) is 5.91 Å². The SMILES string of the molecule is CCC(=O)NCc1cc(C)ccc1C. The monoisotopic (exact) mass is 191 g/mol. The summed E-state index contributed by atoms with van der Waals surface area (Å²) < 4.78 is 0. The van der Waals surface area contributed by atoms with E-state index in [-0.39, 0.29) is 5.91 Å². The molecule has 0 aromatic heterocycles. The van der Waals surface area contributed by atoms with E-state index in [1.165, 1.54) is 16.7 Å². The summed E-state index contributed by atoms with van der Waals surface area (Å²) in [7, 11) is 0. The number of amides is 1. The maximum absolute atomic E-state index is 11.1. The maximum Gasteiger partial charge on any atom is 0.219 e. The molecule has 0 fully saturated rings. The Labute approximate surface area is 85.3 Å². The Morgan fingerprint density at radius 1 is 1.36 bits per heavy atom. The first kappa shape index (κ1) is 10.8. The van der Waals surface area contributed by atoms with Crippen LogP contribution < -0.4 is 5.32 Å². The summed E-state index contributed by atoms with van der Waals surface area (Å²) >= 11 is 0. The fraction of sp³-hybridized carbons (Fsp3) is 0.417. The van der Waals surface area contributed by atoms with Gasteiger partial charge in [-0.25, -0.2) is 0 Å². The standard InChI is InChI=1S/C12H17NO/c1-4-12(14)13-8-11-7-9(2)5-6-10(11)3/h5-7H,4,8H2,1-3H3,(H,13,14). The van der Waals surface area contributed by atoms with E-state index in [4.69, 9.17) is 0 Å². The summed E-state index contributed by atoms with van der Waals surface area (Å²) in [4.78, 5) is 11.1. The molecule has 2 nitrogen and oxygen atoms in total. The van der Waals surface area contributed by atoms with E-state index in [1.54, 1.807) is 0 Å². The van der Waals surface area contributed by atoms with Crippen LogP contribution in [0.4, 0.5) is 0 Å². The van der Waals surface area contributed by atoms with Crippen molar-refractivity contribution >= 4 is 5.91 Å². The lowest BCUT2D eigenvalue weighted by atomic mass is 10.1. The number of hydrogen-bond acceptors (Lipinski definition) is 1. The van der Waals surface area contributed by atoms with Crippen LogP contribution in [0.1, 0.15) is 30.0 Å². The van der Waals surface area contributed by atoms with E-state index < -0.39 is 0 Å². The van der Waals surface area contributed by atoms with E-state index in [0.717, 1.165) is 0 Å². The zero-order valence-corrected chi connectivity index (χ0v) is 9.05. The van der Waals surface area contributed by atoms with Gasteiger partial charge in [-0.05, 0) is 25.0 Å². The van der Waals surface area contributed by atoms with Crippen molar-refractivity contribution in [3.05, 3.63) is 34.9 Å². The van der Waals surface area contributed by atoms with Gasteiger partial charge in [0.25, 0.3) is 0 Å². The Balaban J connectivity index is 2.66. The molecule has 0 spiro atoms. The van der Waals surface area contributed by atoms with Gasteiger partial charge in [-0.1, -0.05) is 30.7 Å². The van der Waals surface area contributed by atoms with E-state index in [0.29, 0.717) is 13.0 Å². The summed E-state index contributed by atoms with van der Waals surface area (Å²) in [6, 6.07) is 6.29. The van der Waals surface area contributed by atoms with Crippen LogP contribution in [0.5, 0.6) is 0 Å². The second kappa shape index (κ2) is 4.80. The lowest BCUT2D eigenvalue weighted by Crippen LogP contribution is -2.21. The van der Waals surface area contributed by atoms with Crippen LogP contribution in [0.3, 0.4) is 0 Å². The molecule has 1 aromatic carbocycles. The molecule has 2 heteroatoms. The molecule has 0 saturated carbocycles. The minimum absolute atomic E-state index is 0.103. The molecule has 0 saturated heterocycles. The van der Waals surface area contributed by atoms with Gasteiger partial charge >= 0.3 is 0 Å². The molecule has 0 radical (unpaired) electrons. The summed E-state index contributed by atoms with van der Waals surface area (Å²) in [6.07, 6.45) is 0.546. The third-order valence-electron chi connectivity index (χ3n) is 2.30. The van der Waals surface area contributed by atoms with Crippen LogP contribution >= 0.6 is 0 Å². The van der Waals surface area contributed by atoms with Crippen LogP contribution in [0, 0.1) is 13.8 Å². The molecule has 0 bridgehead atoms. The van der Waals surface area contributed by atoms with Gasteiger partial charge in [-0.3, -0.25) is 4.79 Å². The lowest BCUT2D eigenvalue weighted by Gasteiger charge is -2.07.